The van der Waals surface area contributed by atoms with Crippen LogP contribution in [0.3, 0.4) is 0 Å². The standard InChI is InChI=1S/C13H21N3O3/c1-13(2,3)19-12(17)16(9-11(14)18-4)10-6-5-7-15-8-10/h5-8,11H,9,14H2,1-4H3. The van der Waals surface area contributed by atoms with Crippen molar-refractivity contribution in [3.63, 3.8) is 0 Å². The van der Waals surface area contributed by atoms with Gasteiger partial charge in [-0.15, -0.1) is 0 Å². The zero-order chi connectivity index (χ0) is 14.5. The van der Waals surface area contributed by atoms with Gasteiger partial charge in [0, 0.05) is 13.3 Å². The van der Waals surface area contributed by atoms with Crippen LogP contribution in [0.15, 0.2) is 24.5 Å². The Balaban J connectivity index is 2.90. The first-order chi connectivity index (χ1) is 8.83. The Kier molecular flexibility index (Phi) is 5.26. The van der Waals surface area contributed by atoms with Crippen LogP contribution >= 0.6 is 0 Å². The van der Waals surface area contributed by atoms with Gasteiger partial charge in [-0.05, 0) is 32.9 Å². The summed E-state index contributed by atoms with van der Waals surface area (Å²) >= 11 is 0. The number of ether oxygens (including phenoxy) is 2. The number of carbonyl (C=O) groups is 1. The van der Waals surface area contributed by atoms with Gasteiger partial charge < -0.3 is 15.2 Å². The summed E-state index contributed by atoms with van der Waals surface area (Å²) < 4.78 is 10.3. The van der Waals surface area contributed by atoms with Crippen molar-refractivity contribution in [2.75, 3.05) is 18.6 Å². The molecule has 0 saturated heterocycles. The molecule has 0 saturated carbocycles. The topological polar surface area (TPSA) is 77.7 Å². The molecule has 0 aliphatic heterocycles. The zero-order valence-corrected chi connectivity index (χ0v) is 11.8. The highest BCUT2D eigenvalue weighted by Gasteiger charge is 2.25. The molecule has 0 aliphatic rings. The Morgan fingerprint density at radius 3 is 2.68 bits per heavy atom. The van der Waals surface area contributed by atoms with Gasteiger partial charge in [0.2, 0.25) is 0 Å². The smallest absolute Gasteiger partial charge is 0.414 e. The Morgan fingerprint density at radius 2 is 2.21 bits per heavy atom. The quantitative estimate of drug-likeness (QED) is 0.841. The molecule has 1 aromatic rings. The van der Waals surface area contributed by atoms with Crippen LogP contribution in [-0.4, -0.2) is 36.6 Å². The third-order valence-electron chi connectivity index (χ3n) is 2.24. The highest BCUT2D eigenvalue weighted by atomic mass is 16.6. The molecule has 1 aromatic heterocycles. The lowest BCUT2D eigenvalue weighted by molar-refractivity contribution is 0.0534. The van der Waals surface area contributed by atoms with Crippen LogP contribution in [0.2, 0.25) is 0 Å². The van der Waals surface area contributed by atoms with E-state index in [0.717, 1.165) is 0 Å². The highest BCUT2D eigenvalue weighted by Crippen LogP contribution is 2.17. The molecular weight excluding hydrogens is 246 g/mol. The first-order valence-corrected chi connectivity index (χ1v) is 6.02. The fourth-order valence-electron chi connectivity index (χ4n) is 1.37. The fourth-order valence-corrected chi connectivity index (χ4v) is 1.37. The lowest BCUT2D eigenvalue weighted by atomic mass is 10.2. The van der Waals surface area contributed by atoms with E-state index in [1.807, 2.05) is 20.8 Å². The summed E-state index contributed by atoms with van der Waals surface area (Å²) in [6.07, 6.45) is 2.14. The van der Waals surface area contributed by atoms with E-state index in [1.54, 1.807) is 24.5 Å². The molecule has 1 atom stereocenters. The molecule has 1 rings (SSSR count). The van der Waals surface area contributed by atoms with Gasteiger partial charge in [-0.1, -0.05) is 0 Å². The molecule has 1 heterocycles. The molecule has 0 radical (unpaired) electrons. The molecular formula is C13H21N3O3. The molecule has 0 aliphatic carbocycles. The second kappa shape index (κ2) is 6.49. The predicted octanol–water partition coefficient (Wildman–Crippen LogP) is 1.75. The number of hydrogen-bond acceptors (Lipinski definition) is 5. The molecule has 1 unspecified atom stereocenters. The van der Waals surface area contributed by atoms with Crippen molar-refractivity contribution in [1.29, 1.82) is 0 Å². The number of nitrogens with two attached hydrogens (primary N) is 1. The molecule has 2 N–H and O–H groups in total. The number of methoxy groups -OCH3 is 1. The molecule has 19 heavy (non-hydrogen) atoms. The zero-order valence-electron chi connectivity index (χ0n) is 11.8. The number of rotatable bonds is 4. The summed E-state index contributed by atoms with van der Waals surface area (Å²) in [6.45, 7) is 5.62. The average molecular weight is 267 g/mol. The van der Waals surface area contributed by atoms with Crippen molar-refractivity contribution < 1.29 is 14.3 Å². The van der Waals surface area contributed by atoms with Crippen LogP contribution < -0.4 is 10.6 Å². The summed E-state index contributed by atoms with van der Waals surface area (Å²) in [7, 11) is 1.49. The van der Waals surface area contributed by atoms with Gasteiger partial charge in [0.25, 0.3) is 0 Å². The third kappa shape index (κ3) is 5.23. The Labute approximate surface area is 113 Å². The highest BCUT2D eigenvalue weighted by molar-refractivity contribution is 5.87. The molecule has 6 heteroatoms. The van der Waals surface area contributed by atoms with Gasteiger partial charge in [0.05, 0.1) is 18.4 Å². The fraction of sp³-hybridized carbons (Fsp3) is 0.538. The van der Waals surface area contributed by atoms with Crippen LogP contribution in [-0.2, 0) is 9.47 Å². The molecule has 106 valence electrons. The Bertz CT molecular complexity index is 403. The lowest BCUT2D eigenvalue weighted by Crippen LogP contribution is -2.44. The van der Waals surface area contributed by atoms with Gasteiger partial charge in [-0.25, -0.2) is 4.79 Å². The van der Waals surface area contributed by atoms with Crippen LogP contribution in [0.1, 0.15) is 20.8 Å². The maximum atomic E-state index is 12.2. The van der Waals surface area contributed by atoms with Crippen molar-refractivity contribution in [3.8, 4) is 0 Å². The van der Waals surface area contributed by atoms with E-state index in [9.17, 15) is 4.79 Å². The second-order valence-electron chi connectivity index (χ2n) is 5.08. The van der Waals surface area contributed by atoms with E-state index in [1.165, 1.54) is 12.0 Å². The number of aromatic nitrogens is 1. The van der Waals surface area contributed by atoms with E-state index < -0.39 is 17.9 Å². The molecule has 0 fully saturated rings. The molecule has 0 bridgehead atoms. The summed E-state index contributed by atoms with van der Waals surface area (Å²) in [5.74, 6) is 0. The normalized spacial score (nSPS) is 12.9. The van der Waals surface area contributed by atoms with Gasteiger partial charge in [0.15, 0.2) is 0 Å². The van der Waals surface area contributed by atoms with E-state index in [2.05, 4.69) is 4.98 Å². The van der Waals surface area contributed by atoms with Gasteiger partial charge in [-0.2, -0.15) is 0 Å². The van der Waals surface area contributed by atoms with Crippen LogP contribution in [0.5, 0.6) is 0 Å². The van der Waals surface area contributed by atoms with Gasteiger partial charge in [0.1, 0.15) is 11.8 Å². The molecule has 0 aromatic carbocycles. The van der Waals surface area contributed by atoms with Crippen molar-refractivity contribution in [2.24, 2.45) is 5.73 Å². The minimum Gasteiger partial charge on any atom is -0.443 e. The van der Waals surface area contributed by atoms with Crippen molar-refractivity contribution in [2.45, 2.75) is 32.6 Å². The molecule has 6 nitrogen and oxygen atoms in total. The number of hydrogen-bond donors (Lipinski definition) is 1. The summed E-state index contributed by atoms with van der Waals surface area (Å²) in [6, 6.07) is 3.50. The van der Waals surface area contributed by atoms with E-state index in [-0.39, 0.29) is 6.54 Å². The number of carbonyl (C=O) groups excluding carboxylic acids is 1. The maximum Gasteiger partial charge on any atom is 0.414 e. The minimum absolute atomic E-state index is 0.192. The lowest BCUT2D eigenvalue weighted by Gasteiger charge is -2.28. The summed E-state index contributed by atoms with van der Waals surface area (Å²) in [4.78, 5) is 17.6. The molecule has 1 amide bonds. The number of pyridine rings is 1. The van der Waals surface area contributed by atoms with Crippen molar-refractivity contribution in [1.82, 2.24) is 4.98 Å². The van der Waals surface area contributed by atoms with E-state index in [4.69, 9.17) is 15.2 Å². The van der Waals surface area contributed by atoms with Crippen LogP contribution in [0.25, 0.3) is 0 Å². The average Bonchev–Trinajstić information content (AvgIpc) is 2.34. The number of amides is 1. The van der Waals surface area contributed by atoms with Crippen molar-refractivity contribution >= 4 is 11.8 Å². The molecule has 0 spiro atoms. The van der Waals surface area contributed by atoms with Crippen LogP contribution in [0, 0.1) is 0 Å². The van der Waals surface area contributed by atoms with Gasteiger partial charge >= 0.3 is 6.09 Å². The first-order valence-electron chi connectivity index (χ1n) is 6.02. The van der Waals surface area contributed by atoms with E-state index in [0.29, 0.717) is 5.69 Å². The first kappa shape index (κ1) is 15.4. The second-order valence-corrected chi connectivity index (χ2v) is 5.08. The Morgan fingerprint density at radius 1 is 1.53 bits per heavy atom. The minimum atomic E-state index is -0.590. The SMILES string of the molecule is COC(N)CN(C(=O)OC(C)(C)C)c1cccnc1. The number of nitrogens with zero attached hydrogens (tertiary/aromatic N) is 2. The van der Waals surface area contributed by atoms with Crippen LogP contribution in [0.4, 0.5) is 10.5 Å². The largest absolute Gasteiger partial charge is 0.443 e. The third-order valence-corrected chi connectivity index (χ3v) is 2.24. The Hall–Kier alpha value is -1.66. The number of anilines is 1. The van der Waals surface area contributed by atoms with Crippen molar-refractivity contribution in [3.05, 3.63) is 24.5 Å². The maximum absolute atomic E-state index is 12.2. The summed E-state index contributed by atoms with van der Waals surface area (Å²) in [5, 5.41) is 0. The monoisotopic (exact) mass is 267 g/mol. The van der Waals surface area contributed by atoms with Gasteiger partial charge in [-0.3, -0.25) is 9.88 Å². The summed E-state index contributed by atoms with van der Waals surface area (Å²) in [5.41, 5.74) is 5.76. The van der Waals surface area contributed by atoms with E-state index >= 15 is 0 Å². The predicted molar refractivity (Wildman–Crippen MR) is 72.8 cm³/mol.